The van der Waals surface area contributed by atoms with Crippen molar-refractivity contribution in [2.45, 2.75) is 31.2 Å². The average molecular weight is 340 g/mol. The van der Waals surface area contributed by atoms with Crippen LogP contribution in [0.25, 0.3) is 0 Å². The molecule has 2 aliphatic heterocycles. The number of hydrogen-bond donors (Lipinski definition) is 1. The summed E-state index contributed by atoms with van der Waals surface area (Å²) in [5.74, 6) is 1.69. The van der Waals surface area contributed by atoms with Crippen LogP contribution in [0.3, 0.4) is 0 Å². The molecule has 5 heteroatoms. The van der Waals surface area contributed by atoms with E-state index in [4.69, 9.17) is 14.2 Å². The van der Waals surface area contributed by atoms with E-state index in [0.29, 0.717) is 6.79 Å². The van der Waals surface area contributed by atoms with Gasteiger partial charge in [-0.25, -0.2) is 0 Å². The fraction of sp³-hybridized carbons (Fsp3) is 0.450. The Bertz CT molecular complexity index is 714. The summed E-state index contributed by atoms with van der Waals surface area (Å²) in [4.78, 5) is 4.22. The molecular formula is C20H24N2O3. The van der Waals surface area contributed by atoms with Crippen LogP contribution in [0.4, 0.5) is 0 Å². The van der Waals surface area contributed by atoms with E-state index in [1.807, 2.05) is 24.5 Å². The second-order valence-corrected chi connectivity index (χ2v) is 6.85. The van der Waals surface area contributed by atoms with Crippen LogP contribution in [-0.4, -0.2) is 31.5 Å². The van der Waals surface area contributed by atoms with E-state index >= 15 is 0 Å². The molecule has 0 spiro atoms. The Kier molecular flexibility index (Phi) is 4.59. The van der Waals surface area contributed by atoms with Crippen molar-refractivity contribution in [2.75, 3.05) is 26.6 Å². The van der Waals surface area contributed by atoms with Gasteiger partial charge in [0.2, 0.25) is 6.79 Å². The summed E-state index contributed by atoms with van der Waals surface area (Å²) in [5.41, 5.74) is 2.55. The lowest BCUT2D eigenvalue weighted by Gasteiger charge is -2.39. The van der Waals surface area contributed by atoms with E-state index in [0.717, 1.165) is 44.1 Å². The first-order valence-corrected chi connectivity index (χ1v) is 8.88. The fourth-order valence-corrected chi connectivity index (χ4v) is 3.65. The second kappa shape index (κ2) is 7.02. The first kappa shape index (κ1) is 16.4. The molecule has 0 saturated carbocycles. The molecule has 1 saturated heterocycles. The van der Waals surface area contributed by atoms with Gasteiger partial charge in [-0.15, -0.1) is 0 Å². The van der Waals surface area contributed by atoms with Gasteiger partial charge in [0.15, 0.2) is 11.5 Å². The largest absolute Gasteiger partial charge is 0.454 e. The van der Waals surface area contributed by atoms with Crippen LogP contribution >= 0.6 is 0 Å². The molecule has 25 heavy (non-hydrogen) atoms. The molecule has 5 nitrogen and oxygen atoms in total. The van der Waals surface area contributed by atoms with Crippen LogP contribution in [-0.2, 0) is 10.2 Å². The first-order chi connectivity index (χ1) is 12.3. The molecule has 3 heterocycles. The fourth-order valence-electron chi connectivity index (χ4n) is 3.65. The molecule has 1 aromatic heterocycles. The maximum Gasteiger partial charge on any atom is 0.231 e. The van der Waals surface area contributed by atoms with Gasteiger partial charge in [0.05, 0.1) is 0 Å². The van der Waals surface area contributed by atoms with Gasteiger partial charge in [-0.1, -0.05) is 12.1 Å². The van der Waals surface area contributed by atoms with Crippen LogP contribution in [0.2, 0.25) is 0 Å². The lowest BCUT2D eigenvalue weighted by molar-refractivity contribution is 0.0489. The van der Waals surface area contributed by atoms with Crippen LogP contribution < -0.4 is 14.8 Å². The number of aromatic nitrogens is 1. The van der Waals surface area contributed by atoms with Gasteiger partial charge in [0.25, 0.3) is 0 Å². The standard InChI is InChI=1S/C20H24N2O3/c1-15(16-3-2-8-21-12-16)22-13-20(6-9-23-10-7-20)17-4-5-18-19(11-17)25-14-24-18/h2-5,8,11-12,15,22H,6-7,9-10,13-14H2,1H3/t15-/m0/s1. The summed E-state index contributed by atoms with van der Waals surface area (Å²) in [6.45, 7) is 4.97. The molecule has 0 radical (unpaired) electrons. The van der Waals surface area contributed by atoms with Gasteiger partial charge < -0.3 is 19.5 Å². The minimum atomic E-state index is 0.0513. The number of fused-ring (bicyclic) bond motifs is 1. The summed E-state index contributed by atoms with van der Waals surface area (Å²) >= 11 is 0. The highest BCUT2D eigenvalue weighted by molar-refractivity contribution is 5.47. The summed E-state index contributed by atoms with van der Waals surface area (Å²) < 4.78 is 16.7. The minimum absolute atomic E-state index is 0.0513. The lowest BCUT2D eigenvalue weighted by atomic mass is 9.74. The predicted molar refractivity (Wildman–Crippen MR) is 95.0 cm³/mol. The molecule has 1 atom stereocenters. The van der Waals surface area contributed by atoms with Crippen molar-refractivity contribution in [3.8, 4) is 11.5 Å². The number of nitrogens with zero attached hydrogens (tertiary/aromatic N) is 1. The number of benzene rings is 1. The van der Waals surface area contributed by atoms with Gasteiger partial charge in [0, 0.05) is 43.6 Å². The molecule has 1 fully saturated rings. The van der Waals surface area contributed by atoms with Crippen molar-refractivity contribution in [2.24, 2.45) is 0 Å². The second-order valence-electron chi connectivity index (χ2n) is 6.85. The van der Waals surface area contributed by atoms with Gasteiger partial charge in [-0.3, -0.25) is 4.98 Å². The van der Waals surface area contributed by atoms with Crippen LogP contribution in [0.5, 0.6) is 11.5 Å². The van der Waals surface area contributed by atoms with Crippen LogP contribution in [0.15, 0.2) is 42.7 Å². The highest BCUT2D eigenvalue weighted by Gasteiger charge is 2.35. The highest BCUT2D eigenvalue weighted by atomic mass is 16.7. The average Bonchev–Trinajstić information content (AvgIpc) is 3.15. The smallest absolute Gasteiger partial charge is 0.231 e. The van der Waals surface area contributed by atoms with Gasteiger partial charge in [-0.2, -0.15) is 0 Å². The van der Waals surface area contributed by atoms with Crippen LogP contribution in [0, 0.1) is 0 Å². The zero-order valence-corrected chi connectivity index (χ0v) is 14.5. The molecule has 132 valence electrons. The zero-order chi connectivity index (χ0) is 17.1. The summed E-state index contributed by atoms with van der Waals surface area (Å²) in [7, 11) is 0. The Morgan fingerprint density at radius 2 is 2.00 bits per heavy atom. The van der Waals surface area contributed by atoms with E-state index in [-0.39, 0.29) is 11.5 Å². The highest BCUT2D eigenvalue weighted by Crippen LogP contribution is 2.40. The molecule has 0 aliphatic carbocycles. The number of hydrogen-bond acceptors (Lipinski definition) is 5. The molecule has 0 unspecified atom stereocenters. The van der Waals surface area contributed by atoms with Crippen molar-refractivity contribution in [1.82, 2.24) is 10.3 Å². The Labute approximate surface area is 148 Å². The predicted octanol–water partition coefficient (Wildman–Crippen LogP) is 3.21. The van der Waals surface area contributed by atoms with Crippen molar-refractivity contribution >= 4 is 0 Å². The third-order valence-electron chi connectivity index (χ3n) is 5.37. The zero-order valence-electron chi connectivity index (χ0n) is 14.5. The Balaban J connectivity index is 1.55. The molecule has 0 amide bonds. The normalized spacial score (nSPS) is 19.6. The minimum Gasteiger partial charge on any atom is -0.454 e. The summed E-state index contributed by atoms with van der Waals surface area (Å²) in [6, 6.07) is 10.7. The van der Waals surface area contributed by atoms with Crippen molar-refractivity contribution in [1.29, 1.82) is 0 Å². The van der Waals surface area contributed by atoms with Crippen LogP contribution in [0.1, 0.15) is 36.9 Å². The van der Waals surface area contributed by atoms with E-state index < -0.39 is 0 Å². The number of ether oxygens (including phenoxy) is 3. The molecule has 2 aliphatic rings. The third kappa shape index (κ3) is 3.34. The SMILES string of the molecule is C[C@H](NCC1(c2ccc3c(c2)OCO3)CCOCC1)c1cccnc1. The lowest BCUT2D eigenvalue weighted by Crippen LogP contribution is -2.43. The van der Waals surface area contributed by atoms with Gasteiger partial charge in [0.1, 0.15) is 0 Å². The summed E-state index contributed by atoms with van der Waals surface area (Å²) in [6.07, 6.45) is 5.73. The van der Waals surface area contributed by atoms with Crippen molar-refractivity contribution < 1.29 is 14.2 Å². The Hall–Kier alpha value is -2.11. The third-order valence-corrected chi connectivity index (χ3v) is 5.37. The summed E-state index contributed by atoms with van der Waals surface area (Å²) in [5, 5.41) is 3.71. The molecule has 4 rings (SSSR count). The van der Waals surface area contributed by atoms with Gasteiger partial charge >= 0.3 is 0 Å². The van der Waals surface area contributed by atoms with E-state index in [9.17, 15) is 0 Å². The maximum absolute atomic E-state index is 5.64. The van der Waals surface area contributed by atoms with E-state index in [1.165, 1.54) is 11.1 Å². The van der Waals surface area contributed by atoms with Crippen molar-refractivity contribution in [3.05, 3.63) is 53.9 Å². The topological polar surface area (TPSA) is 52.6 Å². The Morgan fingerprint density at radius 1 is 1.16 bits per heavy atom. The maximum atomic E-state index is 5.64. The Morgan fingerprint density at radius 3 is 2.80 bits per heavy atom. The quantitative estimate of drug-likeness (QED) is 0.906. The van der Waals surface area contributed by atoms with E-state index in [2.05, 4.69) is 35.4 Å². The number of nitrogens with one attached hydrogen (secondary N) is 1. The molecule has 0 bridgehead atoms. The monoisotopic (exact) mass is 340 g/mol. The number of pyridine rings is 1. The number of rotatable bonds is 5. The molecule has 2 aromatic rings. The molecule has 1 aromatic carbocycles. The van der Waals surface area contributed by atoms with Gasteiger partial charge in [-0.05, 0) is 49.1 Å². The van der Waals surface area contributed by atoms with E-state index in [1.54, 1.807) is 0 Å². The molecular weight excluding hydrogens is 316 g/mol. The first-order valence-electron chi connectivity index (χ1n) is 8.88. The van der Waals surface area contributed by atoms with Crippen molar-refractivity contribution in [3.63, 3.8) is 0 Å². The molecule has 1 N–H and O–H groups in total.